The molecule has 0 aromatic heterocycles. The van der Waals surface area contributed by atoms with Crippen molar-refractivity contribution in [2.45, 2.75) is 77.6 Å². The highest BCUT2D eigenvalue weighted by molar-refractivity contribution is 5.66. The number of carboxylic acids is 1. The van der Waals surface area contributed by atoms with Crippen LogP contribution in [0.3, 0.4) is 0 Å². The van der Waals surface area contributed by atoms with Crippen LogP contribution in [-0.4, -0.2) is 11.1 Å². The number of carboxylic acid groups (broad SMARTS) is 1. The van der Waals surface area contributed by atoms with Crippen molar-refractivity contribution in [1.82, 2.24) is 0 Å². The molecular formula is C18H30O2. The van der Waals surface area contributed by atoms with Crippen LogP contribution in [0.15, 0.2) is 30.0 Å². The Labute approximate surface area is 124 Å². The summed E-state index contributed by atoms with van der Waals surface area (Å²) in [4.78, 5) is 10.3. The number of aliphatic carboxylic acids is 1. The summed E-state index contributed by atoms with van der Waals surface area (Å²) in [6, 6.07) is 0. The molecule has 0 heterocycles. The minimum Gasteiger partial charge on any atom is -0.481 e. The molecule has 0 fully saturated rings. The lowest BCUT2D eigenvalue weighted by atomic mass is 10.1. The molecule has 0 aliphatic heterocycles. The number of hydrogen-bond acceptors (Lipinski definition) is 1. The fourth-order valence-electron chi connectivity index (χ4n) is 2.01. The van der Waals surface area contributed by atoms with Gasteiger partial charge in [0, 0.05) is 6.42 Å². The molecule has 1 N–H and O–H groups in total. The lowest BCUT2D eigenvalue weighted by Crippen LogP contribution is -1.92. The van der Waals surface area contributed by atoms with Crippen LogP contribution in [-0.2, 0) is 4.79 Å². The Kier molecular flexibility index (Phi) is 14.8. The third-order valence-electron chi connectivity index (χ3n) is 3.18. The van der Waals surface area contributed by atoms with Crippen molar-refractivity contribution in [3.05, 3.63) is 30.0 Å². The van der Waals surface area contributed by atoms with Crippen LogP contribution in [0.2, 0.25) is 0 Å². The molecule has 0 aromatic rings. The molecule has 0 bridgehead atoms. The molecule has 20 heavy (non-hydrogen) atoms. The minimum absolute atomic E-state index is 0.303. The summed E-state index contributed by atoms with van der Waals surface area (Å²) in [6.07, 6.45) is 20.5. The number of rotatable bonds is 13. The first-order chi connectivity index (χ1) is 9.77. The minimum atomic E-state index is -0.685. The van der Waals surface area contributed by atoms with Crippen LogP contribution in [0.5, 0.6) is 0 Å². The zero-order valence-electron chi connectivity index (χ0n) is 12.9. The fourth-order valence-corrected chi connectivity index (χ4v) is 2.01. The topological polar surface area (TPSA) is 37.3 Å². The highest BCUT2D eigenvalue weighted by Gasteiger charge is 1.94. The van der Waals surface area contributed by atoms with E-state index in [-0.39, 0.29) is 0 Å². The van der Waals surface area contributed by atoms with E-state index in [9.17, 15) is 4.79 Å². The largest absolute Gasteiger partial charge is 0.481 e. The highest BCUT2D eigenvalue weighted by atomic mass is 16.4. The first-order valence-electron chi connectivity index (χ1n) is 7.99. The van der Waals surface area contributed by atoms with Gasteiger partial charge in [-0.1, -0.05) is 31.4 Å². The number of unbranched alkanes of at least 4 members (excludes halogenated alkanes) is 8. The Hall–Kier alpha value is -1.27. The lowest BCUT2D eigenvalue weighted by molar-refractivity contribution is -0.137. The smallest absolute Gasteiger partial charge is 0.303 e. The summed E-state index contributed by atoms with van der Waals surface area (Å²) in [5.41, 5.74) is 3.10. The van der Waals surface area contributed by atoms with Crippen LogP contribution in [0.4, 0.5) is 0 Å². The Morgan fingerprint density at radius 1 is 0.900 bits per heavy atom. The van der Waals surface area contributed by atoms with Crippen molar-refractivity contribution in [2.24, 2.45) is 0 Å². The summed E-state index contributed by atoms with van der Waals surface area (Å²) in [6.45, 7) is 2.00. The summed E-state index contributed by atoms with van der Waals surface area (Å²) in [5, 5.41) is 8.49. The van der Waals surface area contributed by atoms with Crippen LogP contribution in [0, 0.1) is 0 Å². The summed E-state index contributed by atoms with van der Waals surface area (Å²) < 4.78 is 0. The zero-order valence-corrected chi connectivity index (χ0v) is 12.9. The molecular weight excluding hydrogens is 248 g/mol. The molecule has 0 spiro atoms. The molecule has 0 saturated carbocycles. The molecule has 2 nitrogen and oxygen atoms in total. The molecule has 0 aliphatic rings. The summed E-state index contributed by atoms with van der Waals surface area (Å²) in [5.74, 6) is -0.685. The maximum absolute atomic E-state index is 10.3. The monoisotopic (exact) mass is 278 g/mol. The average Bonchev–Trinajstić information content (AvgIpc) is 2.43. The van der Waals surface area contributed by atoms with Crippen molar-refractivity contribution >= 4 is 5.97 Å². The molecule has 0 saturated heterocycles. The second kappa shape index (κ2) is 15.8. The van der Waals surface area contributed by atoms with Crippen LogP contribution >= 0.6 is 0 Å². The van der Waals surface area contributed by atoms with Gasteiger partial charge in [-0.3, -0.25) is 4.79 Å². The normalized spacial score (nSPS) is 10.4. The number of carbonyl (C=O) groups is 1. The van der Waals surface area contributed by atoms with Crippen molar-refractivity contribution in [2.75, 3.05) is 0 Å². The molecule has 0 unspecified atom stereocenters. The van der Waals surface area contributed by atoms with E-state index in [2.05, 4.69) is 24.0 Å². The van der Waals surface area contributed by atoms with E-state index in [0.29, 0.717) is 6.42 Å². The van der Waals surface area contributed by atoms with Gasteiger partial charge in [-0.25, -0.2) is 0 Å². The molecule has 0 aliphatic carbocycles. The van der Waals surface area contributed by atoms with E-state index in [4.69, 9.17) is 5.11 Å². The Balaban J connectivity index is 3.15. The van der Waals surface area contributed by atoms with Crippen molar-refractivity contribution in [3.8, 4) is 0 Å². The summed E-state index contributed by atoms with van der Waals surface area (Å²) in [7, 11) is 0. The van der Waals surface area contributed by atoms with E-state index in [1.807, 2.05) is 13.0 Å². The van der Waals surface area contributed by atoms with E-state index in [0.717, 1.165) is 32.1 Å². The predicted molar refractivity (Wildman–Crippen MR) is 85.9 cm³/mol. The maximum Gasteiger partial charge on any atom is 0.303 e. The molecule has 0 atom stereocenters. The first-order valence-corrected chi connectivity index (χ1v) is 7.99. The van der Waals surface area contributed by atoms with Crippen LogP contribution in [0.25, 0.3) is 0 Å². The van der Waals surface area contributed by atoms with Crippen LogP contribution in [0.1, 0.15) is 77.6 Å². The third-order valence-corrected chi connectivity index (χ3v) is 3.18. The standard InChI is InChI=1S/C18H30O2/c1-2-3-4-5-6-7-8-9-10-11-12-13-14-15-16-17-18(19)20/h2,4,12-13H,5-11,14-17H2,1H3,(H,19,20)/b13-12+. The van der Waals surface area contributed by atoms with Crippen molar-refractivity contribution < 1.29 is 9.90 Å². The van der Waals surface area contributed by atoms with Crippen molar-refractivity contribution in [1.29, 1.82) is 0 Å². The molecule has 114 valence electrons. The maximum atomic E-state index is 10.3. The molecule has 0 rings (SSSR count). The fraction of sp³-hybridized carbons (Fsp3) is 0.667. The summed E-state index contributed by atoms with van der Waals surface area (Å²) >= 11 is 0. The number of allylic oxidation sites excluding steroid dienone is 3. The molecule has 0 aromatic carbocycles. The average molecular weight is 278 g/mol. The second-order valence-corrected chi connectivity index (χ2v) is 5.12. The Morgan fingerprint density at radius 3 is 2.05 bits per heavy atom. The van der Waals surface area contributed by atoms with E-state index >= 15 is 0 Å². The van der Waals surface area contributed by atoms with Gasteiger partial charge in [0.25, 0.3) is 0 Å². The zero-order chi connectivity index (χ0) is 14.9. The van der Waals surface area contributed by atoms with E-state index in [1.165, 1.54) is 32.1 Å². The van der Waals surface area contributed by atoms with Gasteiger partial charge in [-0.05, 0) is 64.0 Å². The Bertz CT molecular complexity index is 309. The molecule has 0 amide bonds. The van der Waals surface area contributed by atoms with Gasteiger partial charge in [0.2, 0.25) is 0 Å². The SMILES string of the molecule is CC=C=CCCCCCCC/C=C/CCCCC(=O)O. The van der Waals surface area contributed by atoms with E-state index < -0.39 is 5.97 Å². The Morgan fingerprint density at radius 2 is 1.45 bits per heavy atom. The molecule has 2 heteroatoms. The van der Waals surface area contributed by atoms with E-state index in [1.54, 1.807) is 0 Å². The van der Waals surface area contributed by atoms with Gasteiger partial charge in [-0.15, -0.1) is 5.73 Å². The van der Waals surface area contributed by atoms with Crippen LogP contribution < -0.4 is 0 Å². The second-order valence-electron chi connectivity index (χ2n) is 5.12. The van der Waals surface area contributed by atoms with Gasteiger partial charge in [0.1, 0.15) is 0 Å². The molecule has 0 radical (unpaired) electrons. The van der Waals surface area contributed by atoms with Gasteiger partial charge in [-0.2, -0.15) is 0 Å². The highest BCUT2D eigenvalue weighted by Crippen LogP contribution is 2.08. The van der Waals surface area contributed by atoms with Gasteiger partial charge in [0.05, 0.1) is 0 Å². The number of hydrogen-bond donors (Lipinski definition) is 1. The van der Waals surface area contributed by atoms with Gasteiger partial charge < -0.3 is 5.11 Å². The first kappa shape index (κ1) is 18.7. The third kappa shape index (κ3) is 16.7. The quantitative estimate of drug-likeness (QED) is 0.268. The van der Waals surface area contributed by atoms with Crippen molar-refractivity contribution in [3.63, 3.8) is 0 Å². The lowest BCUT2D eigenvalue weighted by Gasteiger charge is -1.98. The predicted octanol–water partition coefficient (Wildman–Crippen LogP) is 5.65. The van der Waals surface area contributed by atoms with Gasteiger partial charge >= 0.3 is 5.97 Å². The van der Waals surface area contributed by atoms with Gasteiger partial charge in [0.15, 0.2) is 0 Å².